The number of aromatic hydroxyl groups is 1. The van der Waals surface area contributed by atoms with Gasteiger partial charge in [0.1, 0.15) is 5.82 Å². The highest BCUT2D eigenvalue weighted by molar-refractivity contribution is 14.1. The van der Waals surface area contributed by atoms with Gasteiger partial charge in [0.25, 0.3) is 6.43 Å². The average Bonchev–Trinajstić information content (AvgIpc) is 1.96. The number of hydrogen-bond donors (Lipinski definition) is 2. The van der Waals surface area contributed by atoms with Crippen molar-refractivity contribution in [3.05, 3.63) is 15.3 Å². The zero-order valence-electron chi connectivity index (χ0n) is 5.76. The van der Waals surface area contributed by atoms with Gasteiger partial charge in [-0.25, -0.2) is 13.8 Å². The number of hydrogen-bond acceptors (Lipinski definition) is 3. The topological polar surface area (TPSA) is 59.1 Å². The van der Waals surface area contributed by atoms with Crippen molar-refractivity contribution in [1.29, 1.82) is 0 Å². The van der Waals surface area contributed by atoms with Crippen LogP contribution in [0.1, 0.15) is 12.1 Å². The molecule has 0 unspecified atom stereocenters. The van der Waals surface area contributed by atoms with E-state index in [9.17, 15) is 8.78 Å². The molecule has 0 aromatic carbocycles. The monoisotopic (exact) mass is 286 g/mol. The zero-order valence-corrected chi connectivity index (χ0v) is 7.92. The fourth-order valence-electron chi connectivity index (χ4n) is 0.697. The summed E-state index contributed by atoms with van der Waals surface area (Å²) in [5, 5.41) is 9.09. The smallest absolute Gasteiger partial charge is 0.284 e. The molecule has 0 atom stereocenters. The minimum Gasteiger partial charge on any atom is -0.505 e. The second-order valence-corrected chi connectivity index (χ2v) is 3.23. The maximum Gasteiger partial charge on any atom is 0.284 e. The van der Waals surface area contributed by atoms with Gasteiger partial charge < -0.3 is 10.8 Å². The second kappa shape index (κ2) is 3.38. The van der Waals surface area contributed by atoms with Crippen LogP contribution in [0.2, 0.25) is 0 Å². The molecule has 1 heterocycles. The van der Waals surface area contributed by atoms with Crippen molar-refractivity contribution in [2.24, 2.45) is 0 Å². The van der Waals surface area contributed by atoms with Crippen LogP contribution in [0, 0.1) is 3.57 Å². The molecular formula is C6H5F2IN2O. The molecule has 0 spiro atoms. The molecule has 0 aliphatic heterocycles. The largest absolute Gasteiger partial charge is 0.505 e. The Hall–Kier alpha value is -0.660. The van der Waals surface area contributed by atoms with Gasteiger partial charge in [0.15, 0.2) is 11.4 Å². The fourth-order valence-corrected chi connectivity index (χ4v) is 1.29. The number of pyridine rings is 1. The van der Waals surface area contributed by atoms with Gasteiger partial charge in [0, 0.05) is 0 Å². The number of nitrogens with zero attached hydrogens (tertiary/aromatic N) is 1. The molecular weight excluding hydrogens is 281 g/mol. The van der Waals surface area contributed by atoms with E-state index in [4.69, 9.17) is 10.8 Å². The highest BCUT2D eigenvalue weighted by Crippen LogP contribution is 2.31. The number of alkyl halides is 2. The predicted octanol–water partition coefficient (Wildman–Crippen LogP) is 1.91. The summed E-state index contributed by atoms with van der Waals surface area (Å²) < 4.78 is 24.5. The SMILES string of the molecule is Nc1cc(I)c(O)c(C(F)F)n1. The molecule has 1 rings (SSSR count). The van der Waals surface area contributed by atoms with E-state index in [1.807, 2.05) is 0 Å². The van der Waals surface area contributed by atoms with Crippen molar-refractivity contribution in [2.45, 2.75) is 6.43 Å². The van der Waals surface area contributed by atoms with Crippen LogP contribution in [-0.2, 0) is 0 Å². The third-order valence-corrected chi connectivity index (χ3v) is 2.02. The van der Waals surface area contributed by atoms with Gasteiger partial charge in [-0.3, -0.25) is 0 Å². The third kappa shape index (κ3) is 1.74. The van der Waals surface area contributed by atoms with Crippen LogP contribution >= 0.6 is 22.6 Å². The summed E-state index contributed by atoms with van der Waals surface area (Å²) in [4.78, 5) is 3.31. The zero-order chi connectivity index (χ0) is 9.30. The molecule has 0 saturated carbocycles. The van der Waals surface area contributed by atoms with Crippen molar-refractivity contribution in [1.82, 2.24) is 4.98 Å². The maximum atomic E-state index is 12.1. The molecule has 0 saturated heterocycles. The summed E-state index contributed by atoms with van der Waals surface area (Å²) in [6, 6.07) is 1.32. The van der Waals surface area contributed by atoms with Crippen LogP contribution in [0.15, 0.2) is 6.07 Å². The summed E-state index contributed by atoms with van der Waals surface area (Å²) in [6.07, 6.45) is -2.80. The minimum atomic E-state index is -2.80. The van der Waals surface area contributed by atoms with Gasteiger partial charge in [-0.1, -0.05) is 0 Å². The Labute approximate surface area is 80.7 Å². The first-order valence-electron chi connectivity index (χ1n) is 2.95. The van der Waals surface area contributed by atoms with E-state index < -0.39 is 17.9 Å². The predicted molar refractivity (Wildman–Crippen MR) is 48.0 cm³/mol. The van der Waals surface area contributed by atoms with Gasteiger partial charge >= 0.3 is 0 Å². The maximum absolute atomic E-state index is 12.1. The van der Waals surface area contributed by atoms with Gasteiger partial charge in [0.2, 0.25) is 0 Å². The van der Waals surface area contributed by atoms with Gasteiger partial charge in [0.05, 0.1) is 3.57 Å². The van der Waals surface area contributed by atoms with Gasteiger partial charge in [-0.05, 0) is 28.7 Å². The lowest BCUT2D eigenvalue weighted by Crippen LogP contribution is -1.98. The van der Waals surface area contributed by atoms with E-state index in [-0.39, 0.29) is 9.39 Å². The van der Waals surface area contributed by atoms with Gasteiger partial charge in [-0.15, -0.1) is 0 Å². The summed E-state index contributed by atoms with van der Waals surface area (Å²) in [7, 11) is 0. The summed E-state index contributed by atoms with van der Waals surface area (Å²) >= 11 is 1.71. The van der Waals surface area contributed by atoms with Crippen molar-refractivity contribution in [3.63, 3.8) is 0 Å². The number of rotatable bonds is 1. The van der Waals surface area contributed by atoms with Gasteiger partial charge in [-0.2, -0.15) is 0 Å². The molecule has 66 valence electrons. The molecule has 0 aliphatic carbocycles. The van der Waals surface area contributed by atoms with E-state index in [0.717, 1.165) is 0 Å². The Kier molecular flexibility index (Phi) is 2.65. The van der Waals surface area contributed by atoms with E-state index >= 15 is 0 Å². The first kappa shape index (κ1) is 9.43. The molecule has 0 bridgehead atoms. The van der Waals surface area contributed by atoms with Crippen molar-refractivity contribution in [3.8, 4) is 5.75 Å². The second-order valence-electron chi connectivity index (χ2n) is 2.06. The number of anilines is 1. The number of aromatic nitrogens is 1. The van der Waals surface area contributed by atoms with Crippen LogP contribution in [0.25, 0.3) is 0 Å². The highest BCUT2D eigenvalue weighted by Gasteiger charge is 2.17. The lowest BCUT2D eigenvalue weighted by molar-refractivity contribution is 0.142. The van der Waals surface area contributed by atoms with Crippen molar-refractivity contribution in [2.75, 3.05) is 5.73 Å². The summed E-state index contributed by atoms with van der Waals surface area (Å²) in [6.45, 7) is 0. The molecule has 3 nitrogen and oxygen atoms in total. The van der Waals surface area contributed by atoms with Crippen LogP contribution in [0.5, 0.6) is 5.75 Å². The molecule has 0 amide bonds. The Morgan fingerprint density at radius 2 is 2.17 bits per heavy atom. The molecule has 0 radical (unpaired) electrons. The van der Waals surface area contributed by atoms with Crippen molar-refractivity contribution < 1.29 is 13.9 Å². The fraction of sp³-hybridized carbons (Fsp3) is 0.167. The van der Waals surface area contributed by atoms with Crippen LogP contribution < -0.4 is 5.73 Å². The molecule has 3 N–H and O–H groups in total. The molecule has 12 heavy (non-hydrogen) atoms. The number of halogens is 3. The van der Waals surface area contributed by atoms with E-state index in [1.165, 1.54) is 6.07 Å². The molecule has 0 fully saturated rings. The quantitative estimate of drug-likeness (QED) is 0.775. The van der Waals surface area contributed by atoms with E-state index in [2.05, 4.69) is 4.98 Å². The molecule has 6 heteroatoms. The lowest BCUT2D eigenvalue weighted by Gasteiger charge is -2.04. The highest BCUT2D eigenvalue weighted by atomic mass is 127. The normalized spacial score (nSPS) is 10.7. The minimum absolute atomic E-state index is 0.0208. The summed E-state index contributed by atoms with van der Waals surface area (Å²) in [5.41, 5.74) is 4.54. The number of nitrogens with two attached hydrogens (primary N) is 1. The number of nitrogen functional groups attached to an aromatic ring is 1. The van der Waals surface area contributed by atoms with E-state index in [1.54, 1.807) is 22.6 Å². The van der Waals surface area contributed by atoms with E-state index in [0.29, 0.717) is 0 Å². The Morgan fingerprint density at radius 3 is 2.67 bits per heavy atom. The van der Waals surface area contributed by atoms with Crippen LogP contribution in [-0.4, -0.2) is 10.1 Å². The average molecular weight is 286 g/mol. The molecule has 0 aliphatic rings. The van der Waals surface area contributed by atoms with Crippen molar-refractivity contribution >= 4 is 28.4 Å². The third-order valence-electron chi connectivity index (χ3n) is 1.20. The first-order valence-corrected chi connectivity index (χ1v) is 4.03. The Morgan fingerprint density at radius 1 is 1.58 bits per heavy atom. The lowest BCUT2D eigenvalue weighted by atomic mass is 10.3. The standard InChI is InChI=1S/C6H5F2IN2O/c7-6(8)4-5(12)2(9)1-3(10)11-4/h1,6,12H,(H2,10,11). The molecule has 1 aromatic heterocycles. The van der Waals surface area contributed by atoms with Crippen LogP contribution in [0.4, 0.5) is 14.6 Å². The molecule has 1 aromatic rings. The summed E-state index contributed by atoms with van der Waals surface area (Å²) in [5.74, 6) is -0.521. The van der Waals surface area contributed by atoms with Crippen LogP contribution in [0.3, 0.4) is 0 Å². The Balaban J connectivity index is 3.28. The Bertz CT molecular complexity index is 306. The first-order chi connectivity index (χ1) is 5.52.